The molecule has 0 saturated heterocycles. The van der Waals surface area contributed by atoms with Gasteiger partial charge in [-0.25, -0.2) is 0 Å². The van der Waals surface area contributed by atoms with Gasteiger partial charge < -0.3 is 11.1 Å². The van der Waals surface area contributed by atoms with Crippen molar-refractivity contribution in [2.75, 3.05) is 6.54 Å². The number of carbonyl (C=O) groups excluding carboxylic acids is 1. The normalized spacial score (nSPS) is 17.7. The van der Waals surface area contributed by atoms with Crippen LogP contribution in [0.3, 0.4) is 0 Å². The predicted molar refractivity (Wildman–Crippen MR) is 81.6 cm³/mol. The molecular weight excluding hydrogens is 339 g/mol. The van der Waals surface area contributed by atoms with Crippen molar-refractivity contribution < 1.29 is 4.79 Å². The second-order valence-electron chi connectivity index (χ2n) is 5.06. The van der Waals surface area contributed by atoms with Crippen LogP contribution in [0.5, 0.6) is 0 Å². The lowest BCUT2D eigenvalue weighted by Gasteiger charge is -2.29. The second kappa shape index (κ2) is 5.57. The summed E-state index contributed by atoms with van der Waals surface area (Å²) in [6.45, 7) is 2.52. The second-order valence-corrected chi connectivity index (χ2v) is 6.22. The van der Waals surface area contributed by atoms with Gasteiger partial charge in [0.2, 0.25) is 0 Å². The Hall–Kier alpha value is -0.620. The van der Waals surface area contributed by atoms with Crippen LogP contribution in [0.15, 0.2) is 18.2 Å². The minimum atomic E-state index is -0.176. The average molecular weight is 358 g/mol. The molecule has 1 aliphatic rings. The SMILES string of the molecule is Cc1c(I)cccc1C(=O)NC1(CN)CCCC1. The predicted octanol–water partition coefficient (Wildman–Crippen LogP) is 2.60. The Balaban J connectivity index is 2.19. The Bertz CT molecular complexity index is 453. The molecule has 0 heterocycles. The number of benzene rings is 1. The first-order valence-electron chi connectivity index (χ1n) is 6.36. The highest BCUT2D eigenvalue weighted by Crippen LogP contribution is 2.29. The van der Waals surface area contributed by atoms with Crippen LogP contribution in [-0.4, -0.2) is 18.0 Å². The Morgan fingerprint density at radius 2 is 2.11 bits per heavy atom. The summed E-state index contributed by atoms with van der Waals surface area (Å²) in [5.74, 6) is 0.0124. The van der Waals surface area contributed by atoms with Gasteiger partial charge >= 0.3 is 0 Å². The molecule has 3 N–H and O–H groups in total. The smallest absolute Gasteiger partial charge is 0.252 e. The summed E-state index contributed by atoms with van der Waals surface area (Å²) in [6.07, 6.45) is 4.31. The van der Waals surface area contributed by atoms with Crippen molar-refractivity contribution in [3.63, 3.8) is 0 Å². The van der Waals surface area contributed by atoms with Crippen LogP contribution in [0.25, 0.3) is 0 Å². The van der Waals surface area contributed by atoms with Crippen LogP contribution in [-0.2, 0) is 0 Å². The van der Waals surface area contributed by atoms with E-state index in [2.05, 4.69) is 27.9 Å². The molecule has 0 aromatic heterocycles. The number of carbonyl (C=O) groups is 1. The zero-order valence-electron chi connectivity index (χ0n) is 10.6. The van der Waals surface area contributed by atoms with Gasteiger partial charge in [-0.1, -0.05) is 18.9 Å². The minimum absolute atomic E-state index is 0.0124. The van der Waals surface area contributed by atoms with Crippen molar-refractivity contribution in [1.29, 1.82) is 0 Å². The molecule has 1 aliphatic carbocycles. The third-order valence-electron chi connectivity index (χ3n) is 3.84. The van der Waals surface area contributed by atoms with E-state index in [9.17, 15) is 4.79 Å². The summed E-state index contributed by atoms with van der Waals surface area (Å²) in [6, 6.07) is 5.82. The molecule has 18 heavy (non-hydrogen) atoms. The van der Waals surface area contributed by atoms with E-state index in [4.69, 9.17) is 5.73 Å². The quantitative estimate of drug-likeness (QED) is 0.817. The monoisotopic (exact) mass is 358 g/mol. The Morgan fingerprint density at radius 3 is 2.72 bits per heavy atom. The number of rotatable bonds is 3. The summed E-state index contributed by atoms with van der Waals surface area (Å²) in [7, 11) is 0. The maximum atomic E-state index is 12.4. The van der Waals surface area contributed by atoms with Crippen LogP contribution in [0, 0.1) is 10.5 Å². The number of hydrogen-bond donors (Lipinski definition) is 2. The Morgan fingerprint density at radius 1 is 1.44 bits per heavy atom. The van der Waals surface area contributed by atoms with E-state index >= 15 is 0 Å². The first kappa shape index (κ1) is 13.8. The lowest BCUT2D eigenvalue weighted by atomic mass is 9.96. The van der Waals surface area contributed by atoms with Crippen molar-refractivity contribution >= 4 is 28.5 Å². The fraction of sp³-hybridized carbons (Fsp3) is 0.500. The van der Waals surface area contributed by atoms with Gasteiger partial charge in [0, 0.05) is 15.7 Å². The van der Waals surface area contributed by atoms with Gasteiger partial charge in [-0.2, -0.15) is 0 Å². The highest BCUT2D eigenvalue weighted by molar-refractivity contribution is 14.1. The lowest BCUT2D eigenvalue weighted by Crippen LogP contribution is -2.51. The highest BCUT2D eigenvalue weighted by Gasteiger charge is 2.34. The van der Waals surface area contributed by atoms with Crippen molar-refractivity contribution in [3.05, 3.63) is 32.9 Å². The molecule has 0 bridgehead atoms. The van der Waals surface area contributed by atoms with E-state index in [1.54, 1.807) is 0 Å². The number of hydrogen-bond acceptors (Lipinski definition) is 2. The van der Waals surface area contributed by atoms with E-state index in [-0.39, 0.29) is 11.4 Å². The molecule has 0 radical (unpaired) electrons. The molecule has 4 heteroatoms. The van der Waals surface area contributed by atoms with Gasteiger partial charge in [-0.15, -0.1) is 0 Å². The molecule has 3 nitrogen and oxygen atoms in total. The molecule has 0 spiro atoms. The zero-order valence-corrected chi connectivity index (χ0v) is 12.8. The van der Waals surface area contributed by atoms with E-state index < -0.39 is 0 Å². The largest absolute Gasteiger partial charge is 0.345 e. The molecule has 0 unspecified atom stereocenters. The standard InChI is InChI=1S/C14H19IN2O/c1-10-11(5-4-6-12(10)15)13(18)17-14(9-16)7-2-3-8-14/h4-6H,2-3,7-9,16H2,1H3,(H,17,18). The highest BCUT2D eigenvalue weighted by atomic mass is 127. The molecule has 1 saturated carbocycles. The summed E-state index contributed by atoms with van der Waals surface area (Å²) in [4.78, 5) is 12.4. The molecule has 1 amide bonds. The molecule has 0 aliphatic heterocycles. The van der Waals surface area contributed by atoms with Gasteiger partial charge in [0.05, 0.1) is 5.54 Å². The third-order valence-corrected chi connectivity index (χ3v) is 5.01. The molecule has 0 atom stereocenters. The van der Waals surface area contributed by atoms with Gasteiger partial charge in [0.1, 0.15) is 0 Å². The van der Waals surface area contributed by atoms with Gasteiger partial charge in [0.25, 0.3) is 5.91 Å². The van der Waals surface area contributed by atoms with Crippen LogP contribution < -0.4 is 11.1 Å². The molecule has 98 valence electrons. The van der Waals surface area contributed by atoms with Crippen LogP contribution >= 0.6 is 22.6 Å². The van der Waals surface area contributed by atoms with Crippen molar-refractivity contribution in [3.8, 4) is 0 Å². The molecule has 1 fully saturated rings. The number of amides is 1. The number of halogens is 1. The summed E-state index contributed by atoms with van der Waals surface area (Å²) < 4.78 is 1.12. The van der Waals surface area contributed by atoms with E-state index in [0.29, 0.717) is 6.54 Å². The van der Waals surface area contributed by atoms with Gasteiger partial charge in [0.15, 0.2) is 0 Å². The van der Waals surface area contributed by atoms with E-state index in [1.807, 2.05) is 25.1 Å². The summed E-state index contributed by atoms with van der Waals surface area (Å²) >= 11 is 2.26. The van der Waals surface area contributed by atoms with Crippen LogP contribution in [0.2, 0.25) is 0 Å². The summed E-state index contributed by atoms with van der Waals surface area (Å²) in [5, 5.41) is 3.16. The maximum absolute atomic E-state index is 12.4. The topological polar surface area (TPSA) is 55.1 Å². The Labute approximate surface area is 122 Å². The van der Waals surface area contributed by atoms with Crippen molar-refractivity contribution in [1.82, 2.24) is 5.32 Å². The maximum Gasteiger partial charge on any atom is 0.252 e. The van der Waals surface area contributed by atoms with Crippen molar-refractivity contribution in [2.45, 2.75) is 38.1 Å². The summed E-state index contributed by atoms with van der Waals surface area (Å²) in [5.41, 5.74) is 7.48. The molecule has 2 rings (SSSR count). The lowest BCUT2D eigenvalue weighted by molar-refractivity contribution is 0.0902. The van der Waals surface area contributed by atoms with Crippen molar-refractivity contribution in [2.24, 2.45) is 5.73 Å². The van der Waals surface area contributed by atoms with E-state index in [1.165, 1.54) is 0 Å². The van der Waals surface area contributed by atoms with Gasteiger partial charge in [-0.3, -0.25) is 4.79 Å². The van der Waals surface area contributed by atoms with Crippen LogP contribution in [0.4, 0.5) is 0 Å². The van der Waals surface area contributed by atoms with Gasteiger partial charge in [-0.05, 0) is 60.1 Å². The first-order chi connectivity index (χ1) is 8.58. The average Bonchev–Trinajstić information content (AvgIpc) is 2.81. The number of nitrogens with one attached hydrogen (secondary N) is 1. The minimum Gasteiger partial charge on any atom is -0.345 e. The molecular formula is C14H19IN2O. The molecule has 1 aromatic carbocycles. The number of nitrogens with two attached hydrogens (primary N) is 1. The third kappa shape index (κ3) is 2.69. The fourth-order valence-corrected chi connectivity index (χ4v) is 3.09. The van der Waals surface area contributed by atoms with Crippen LogP contribution in [0.1, 0.15) is 41.6 Å². The Kier molecular flexibility index (Phi) is 4.27. The zero-order chi connectivity index (χ0) is 13.2. The first-order valence-corrected chi connectivity index (χ1v) is 7.43. The molecule has 1 aromatic rings. The fourth-order valence-electron chi connectivity index (χ4n) is 2.59. The van der Waals surface area contributed by atoms with E-state index in [0.717, 1.165) is 40.4 Å².